The molecule has 4 heterocycles. The molecule has 1 unspecified atom stereocenters. The summed E-state index contributed by atoms with van der Waals surface area (Å²) in [7, 11) is 3.51. The van der Waals surface area contributed by atoms with Gasteiger partial charge in [0.2, 0.25) is 5.91 Å². The Labute approximate surface area is 237 Å². The second-order valence-electron chi connectivity index (χ2n) is 11.0. The van der Waals surface area contributed by atoms with Gasteiger partial charge in [0.25, 0.3) is 0 Å². The van der Waals surface area contributed by atoms with Crippen molar-refractivity contribution in [3.63, 3.8) is 0 Å². The summed E-state index contributed by atoms with van der Waals surface area (Å²) in [6.07, 6.45) is 18.7. The van der Waals surface area contributed by atoms with E-state index >= 15 is 0 Å². The van der Waals surface area contributed by atoms with Crippen LogP contribution in [-0.4, -0.2) is 45.1 Å². The van der Waals surface area contributed by atoms with E-state index in [2.05, 4.69) is 24.0 Å². The van der Waals surface area contributed by atoms with Crippen LogP contribution in [0.4, 0.5) is 0 Å². The lowest BCUT2D eigenvalue weighted by molar-refractivity contribution is -0.135. The average Bonchev–Trinajstić information content (AvgIpc) is 3.48. The number of ether oxygens (including phenoxy) is 1. The SMILES string of the molecule is CCCCCCCCCCCCCC(OC)c1ccc(-c2cnc3c(c2)n(CC(=O)N2CCC2)c(=O)n3C)s1. The molecule has 1 fully saturated rings. The van der Waals surface area contributed by atoms with Gasteiger partial charge in [-0.3, -0.25) is 13.9 Å². The van der Waals surface area contributed by atoms with E-state index in [1.807, 2.05) is 12.3 Å². The fraction of sp³-hybridized carbons (Fsp3) is 0.645. The van der Waals surface area contributed by atoms with Crippen molar-refractivity contribution in [3.8, 4) is 10.4 Å². The Balaban J connectivity index is 1.31. The van der Waals surface area contributed by atoms with E-state index in [0.29, 0.717) is 11.2 Å². The molecule has 1 aliphatic heterocycles. The number of carbonyl (C=O) groups is 1. The van der Waals surface area contributed by atoms with Gasteiger partial charge in [0, 0.05) is 48.8 Å². The summed E-state index contributed by atoms with van der Waals surface area (Å²) in [5, 5.41) is 0. The van der Waals surface area contributed by atoms with Crippen molar-refractivity contribution in [1.82, 2.24) is 19.0 Å². The molecule has 1 atom stereocenters. The summed E-state index contributed by atoms with van der Waals surface area (Å²) < 4.78 is 8.96. The molecule has 0 spiro atoms. The number of fused-ring (bicyclic) bond motifs is 1. The van der Waals surface area contributed by atoms with E-state index in [4.69, 9.17) is 4.74 Å². The molecule has 214 valence electrons. The van der Waals surface area contributed by atoms with Crippen molar-refractivity contribution < 1.29 is 9.53 Å². The number of hydrogen-bond donors (Lipinski definition) is 0. The van der Waals surface area contributed by atoms with Crippen molar-refractivity contribution in [1.29, 1.82) is 0 Å². The molecule has 0 radical (unpaired) electrons. The lowest BCUT2D eigenvalue weighted by atomic mass is 10.0. The minimum atomic E-state index is -0.207. The quantitative estimate of drug-likeness (QED) is 0.167. The predicted molar refractivity (Wildman–Crippen MR) is 160 cm³/mol. The highest BCUT2D eigenvalue weighted by Gasteiger charge is 2.23. The number of aromatic nitrogens is 3. The van der Waals surface area contributed by atoms with Crippen LogP contribution >= 0.6 is 11.3 Å². The number of pyridine rings is 1. The normalized spacial score (nSPS) is 14.2. The van der Waals surface area contributed by atoms with Gasteiger partial charge in [0.15, 0.2) is 5.65 Å². The molecule has 1 saturated heterocycles. The third-order valence-electron chi connectivity index (χ3n) is 8.06. The first-order valence-electron chi connectivity index (χ1n) is 15.0. The number of thiophene rings is 1. The van der Waals surface area contributed by atoms with Gasteiger partial charge in [0.05, 0.1) is 11.6 Å². The van der Waals surface area contributed by atoms with Crippen LogP contribution in [0.25, 0.3) is 21.6 Å². The molecule has 3 aromatic rings. The fourth-order valence-corrected chi connectivity index (χ4v) is 6.52. The molecule has 39 heavy (non-hydrogen) atoms. The minimum absolute atomic E-state index is 0.00925. The maximum atomic E-state index is 12.9. The van der Waals surface area contributed by atoms with Gasteiger partial charge < -0.3 is 9.64 Å². The first-order chi connectivity index (χ1) is 19.0. The number of likely N-dealkylation sites (tertiary alicyclic amines) is 1. The lowest BCUT2D eigenvalue weighted by Crippen LogP contribution is -2.44. The zero-order chi connectivity index (χ0) is 27.6. The van der Waals surface area contributed by atoms with Gasteiger partial charge in [-0.15, -0.1) is 11.3 Å². The highest BCUT2D eigenvalue weighted by atomic mass is 32.1. The molecule has 0 bridgehead atoms. The maximum Gasteiger partial charge on any atom is 0.330 e. The molecule has 0 N–H and O–H groups in total. The number of rotatable bonds is 17. The van der Waals surface area contributed by atoms with Crippen molar-refractivity contribution in [2.75, 3.05) is 20.2 Å². The molecule has 0 saturated carbocycles. The highest BCUT2D eigenvalue weighted by Crippen LogP contribution is 2.35. The number of imidazole rings is 1. The smallest absolute Gasteiger partial charge is 0.330 e. The molecule has 4 rings (SSSR count). The summed E-state index contributed by atoms with van der Waals surface area (Å²) >= 11 is 1.72. The Morgan fingerprint density at radius 3 is 2.31 bits per heavy atom. The van der Waals surface area contributed by atoms with Crippen molar-refractivity contribution >= 4 is 28.4 Å². The zero-order valence-electron chi connectivity index (χ0n) is 24.1. The van der Waals surface area contributed by atoms with Crippen molar-refractivity contribution in [2.45, 2.75) is 103 Å². The zero-order valence-corrected chi connectivity index (χ0v) is 24.9. The third kappa shape index (κ3) is 7.60. The summed E-state index contributed by atoms with van der Waals surface area (Å²) in [4.78, 5) is 34.2. The van der Waals surface area contributed by atoms with Crippen LogP contribution in [0.2, 0.25) is 0 Å². The first-order valence-corrected chi connectivity index (χ1v) is 15.8. The molecule has 1 amide bonds. The van der Waals surface area contributed by atoms with Crippen LogP contribution in [-0.2, 0) is 23.1 Å². The minimum Gasteiger partial charge on any atom is -0.376 e. The predicted octanol–water partition coefficient (Wildman–Crippen LogP) is 7.08. The molecule has 0 aliphatic carbocycles. The van der Waals surface area contributed by atoms with E-state index < -0.39 is 0 Å². The second kappa shape index (κ2) is 14.8. The molecule has 3 aromatic heterocycles. The van der Waals surface area contributed by atoms with E-state index in [9.17, 15) is 9.59 Å². The average molecular weight is 555 g/mol. The van der Waals surface area contributed by atoms with Crippen LogP contribution in [0.3, 0.4) is 0 Å². The molecular weight excluding hydrogens is 508 g/mol. The summed E-state index contributed by atoms with van der Waals surface area (Å²) in [6, 6.07) is 6.27. The Hall–Kier alpha value is -2.45. The summed E-state index contributed by atoms with van der Waals surface area (Å²) in [6.45, 7) is 3.88. The number of nitrogens with zero attached hydrogens (tertiary/aromatic N) is 4. The van der Waals surface area contributed by atoms with Gasteiger partial charge >= 0.3 is 5.69 Å². The number of unbranched alkanes of at least 4 members (excludes halogenated alkanes) is 10. The molecule has 8 heteroatoms. The summed E-state index contributed by atoms with van der Waals surface area (Å²) in [5.41, 5.74) is 2.05. The Morgan fingerprint density at radius 1 is 1.03 bits per heavy atom. The Bertz CT molecular complexity index is 1260. The van der Waals surface area contributed by atoms with E-state index in [1.165, 1.54) is 80.1 Å². The highest BCUT2D eigenvalue weighted by molar-refractivity contribution is 7.15. The van der Waals surface area contributed by atoms with Crippen molar-refractivity contribution in [2.24, 2.45) is 7.05 Å². The Morgan fingerprint density at radius 2 is 1.69 bits per heavy atom. The molecule has 1 aliphatic rings. The summed E-state index contributed by atoms with van der Waals surface area (Å²) in [5.74, 6) is -0.00925. The fourth-order valence-electron chi connectivity index (χ4n) is 5.42. The number of hydrogen-bond acceptors (Lipinski definition) is 5. The van der Waals surface area contributed by atoms with E-state index in [0.717, 1.165) is 36.4 Å². The largest absolute Gasteiger partial charge is 0.376 e. The van der Waals surface area contributed by atoms with Gasteiger partial charge in [-0.25, -0.2) is 9.78 Å². The third-order valence-corrected chi connectivity index (χ3v) is 9.29. The lowest BCUT2D eigenvalue weighted by Gasteiger charge is -2.30. The van der Waals surface area contributed by atoms with Crippen LogP contribution < -0.4 is 5.69 Å². The Kier molecular flexibility index (Phi) is 11.2. The standard InChI is InChI=1S/C31H46N4O3S/c1-4-5-6-7-8-9-10-11-12-13-14-16-26(38-3)28-18-17-27(39-28)24-21-25-30(32-22-24)33(2)31(37)35(25)23-29(36)34-19-15-20-34/h17-18,21-22,26H,4-16,19-20,23H2,1-3H3. The molecular formula is C31H46N4O3S. The topological polar surface area (TPSA) is 69.4 Å². The van der Waals surface area contributed by atoms with Crippen molar-refractivity contribution in [3.05, 3.63) is 39.8 Å². The maximum absolute atomic E-state index is 12.9. The van der Waals surface area contributed by atoms with E-state index in [1.54, 1.807) is 35.0 Å². The van der Waals surface area contributed by atoms with Crippen LogP contribution in [0, 0.1) is 0 Å². The van der Waals surface area contributed by atoms with Crippen LogP contribution in [0.15, 0.2) is 29.2 Å². The number of aryl methyl sites for hydroxylation is 1. The van der Waals surface area contributed by atoms with Gasteiger partial charge in [-0.2, -0.15) is 0 Å². The van der Waals surface area contributed by atoms with Gasteiger partial charge in [0.1, 0.15) is 6.54 Å². The molecule has 0 aromatic carbocycles. The molecule has 7 nitrogen and oxygen atoms in total. The van der Waals surface area contributed by atoms with Crippen LogP contribution in [0.5, 0.6) is 0 Å². The number of methoxy groups -OCH3 is 1. The van der Waals surface area contributed by atoms with Gasteiger partial charge in [-0.05, 0) is 31.0 Å². The van der Waals surface area contributed by atoms with Gasteiger partial charge in [-0.1, -0.05) is 77.6 Å². The van der Waals surface area contributed by atoms with Crippen LogP contribution in [0.1, 0.15) is 101 Å². The van der Waals surface area contributed by atoms with E-state index in [-0.39, 0.29) is 24.2 Å². The monoisotopic (exact) mass is 554 g/mol. The number of carbonyl (C=O) groups excluding carboxylic acids is 1. The number of amides is 1. The first kappa shape index (κ1) is 29.5. The second-order valence-corrected chi connectivity index (χ2v) is 12.1.